The molecule has 0 saturated carbocycles. The van der Waals surface area contributed by atoms with Gasteiger partial charge in [-0.3, -0.25) is 19.2 Å². The first-order chi connectivity index (χ1) is 13.3. The summed E-state index contributed by atoms with van der Waals surface area (Å²) >= 11 is 0. The number of hydrogen-bond donors (Lipinski definition) is 0. The second-order valence-corrected chi connectivity index (χ2v) is 9.09. The fourth-order valence-electron chi connectivity index (χ4n) is 3.12. The Morgan fingerprint density at radius 1 is 0.897 bits per heavy atom. The first-order valence-electron chi connectivity index (χ1n) is 9.65. The summed E-state index contributed by atoms with van der Waals surface area (Å²) < 4.78 is 10.6. The third-order valence-corrected chi connectivity index (χ3v) is 4.08. The average Bonchev–Trinajstić information content (AvgIpc) is 2.91. The number of amides is 1. The second kappa shape index (κ2) is 8.35. The number of ether oxygens (including phenoxy) is 2. The van der Waals surface area contributed by atoms with Crippen LogP contribution in [-0.2, 0) is 25.5 Å². The van der Waals surface area contributed by atoms with Crippen molar-refractivity contribution in [3.05, 3.63) is 34.9 Å². The third kappa shape index (κ3) is 6.41. The Morgan fingerprint density at radius 2 is 1.41 bits per heavy atom. The number of carbonyl (C=O) groups is 4. The summed E-state index contributed by atoms with van der Waals surface area (Å²) in [5.74, 6) is -1.77. The predicted molar refractivity (Wildman–Crippen MR) is 107 cm³/mol. The van der Waals surface area contributed by atoms with Crippen LogP contribution in [0.2, 0.25) is 0 Å². The lowest BCUT2D eigenvalue weighted by Crippen LogP contribution is -2.43. The van der Waals surface area contributed by atoms with Gasteiger partial charge in [0.15, 0.2) is 5.78 Å². The van der Waals surface area contributed by atoms with Crippen LogP contribution in [0.25, 0.3) is 0 Å². The Bertz CT molecular complexity index is 799. The number of hydrogen-bond acceptors (Lipinski definition) is 6. The molecule has 0 aliphatic heterocycles. The molecule has 0 bridgehead atoms. The summed E-state index contributed by atoms with van der Waals surface area (Å²) in [6.45, 7) is 9.55. The molecule has 0 unspecified atom stereocenters. The highest BCUT2D eigenvalue weighted by Gasteiger charge is 2.31. The molecule has 0 radical (unpaired) electrons. The topological polar surface area (TPSA) is 90.0 Å². The van der Waals surface area contributed by atoms with Crippen LogP contribution in [0.1, 0.15) is 74.2 Å². The number of rotatable bonds is 5. The first kappa shape index (κ1) is 22.6. The Morgan fingerprint density at radius 3 is 1.90 bits per heavy atom. The summed E-state index contributed by atoms with van der Waals surface area (Å²) in [4.78, 5) is 51.0. The third-order valence-electron chi connectivity index (χ3n) is 4.08. The Labute approximate surface area is 171 Å². The maximum atomic E-state index is 13.2. The van der Waals surface area contributed by atoms with Crippen molar-refractivity contribution in [2.45, 2.75) is 65.6 Å². The molecule has 0 aromatic heterocycles. The fourth-order valence-corrected chi connectivity index (χ4v) is 3.12. The van der Waals surface area contributed by atoms with Crippen molar-refractivity contribution < 1.29 is 28.7 Å². The van der Waals surface area contributed by atoms with Crippen LogP contribution in [0.15, 0.2) is 18.2 Å². The van der Waals surface area contributed by atoms with E-state index in [1.807, 2.05) is 0 Å². The molecule has 0 saturated heterocycles. The van der Waals surface area contributed by atoms with Crippen LogP contribution < -0.4 is 0 Å². The van der Waals surface area contributed by atoms with Crippen LogP contribution in [0.3, 0.4) is 0 Å². The lowest BCUT2D eigenvalue weighted by molar-refractivity contribution is -0.158. The van der Waals surface area contributed by atoms with E-state index < -0.39 is 42.1 Å². The zero-order valence-corrected chi connectivity index (χ0v) is 18.0. The largest absolute Gasteiger partial charge is 0.459 e. The molecule has 1 amide bonds. The van der Waals surface area contributed by atoms with Gasteiger partial charge in [-0.1, -0.05) is 12.1 Å². The Balaban J connectivity index is 2.29. The molecule has 7 nitrogen and oxygen atoms in total. The number of Topliss-reactive ketones (excluding diaryl/α,β-unsaturated/α-hetero) is 1. The van der Waals surface area contributed by atoms with E-state index in [2.05, 4.69) is 0 Å². The minimum Gasteiger partial charge on any atom is -0.459 e. The molecule has 29 heavy (non-hydrogen) atoms. The van der Waals surface area contributed by atoms with Crippen LogP contribution in [0, 0.1) is 0 Å². The summed E-state index contributed by atoms with van der Waals surface area (Å²) in [6, 6.07) is 4.93. The van der Waals surface area contributed by atoms with Gasteiger partial charge in [0.25, 0.3) is 5.91 Å². The summed E-state index contributed by atoms with van der Waals surface area (Å²) in [5.41, 5.74) is 0.0441. The van der Waals surface area contributed by atoms with Crippen molar-refractivity contribution in [2.75, 3.05) is 13.1 Å². The fraction of sp³-hybridized carbons (Fsp3) is 0.545. The maximum Gasteiger partial charge on any atom is 0.326 e. The molecule has 1 aromatic rings. The molecule has 0 atom stereocenters. The number of ketones is 1. The van der Waals surface area contributed by atoms with Gasteiger partial charge in [0, 0.05) is 17.5 Å². The molecule has 0 fully saturated rings. The molecule has 0 N–H and O–H groups in total. The second-order valence-electron chi connectivity index (χ2n) is 9.09. The summed E-state index contributed by atoms with van der Waals surface area (Å²) in [5, 5.41) is 0. The van der Waals surface area contributed by atoms with E-state index in [-0.39, 0.29) is 5.78 Å². The van der Waals surface area contributed by atoms with E-state index in [1.165, 1.54) is 0 Å². The molecule has 158 valence electrons. The van der Waals surface area contributed by atoms with Crippen LogP contribution in [0.5, 0.6) is 0 Å². The molecule has 1 aliphatic rings. The lowest BCUT2D eigenvalue weighted by atomic mass is 10.0. The van der Waals surface area contributed by atoms with Crippen molar-refractivity contribution in [3.8, 4) is 0 Å². The molecule has 0 heterocycles. The van der Waals surface area contributed by atoms with Crippen LogP contribution >= 0.6 is 0 Å². The lowest BCUT2D eigenvalue weighted by Gasteiger charge is -2.27. The molecule has 7 heteroatoms. The van der Waals surface area contributed by atoms with Crippen molar-refractivity contribution in [1.29, 1.82) is 0 Å². The van der Waals surface area contributed by atoms with Gasteiger partial charge >= 0.3 is 11.9 Å². The van der Waals surface area contributed by atoms with Gasteiger partial charge in [0.2, 0.25) is 0 Å². The quantitative estimate of drug-likeness (QED) is 0.702. The number of benzene rings is 1. The molecular weight excluding hydrogens is 374 g/mol. The van der Waals surface area contributed by atoms with Crippen LogP contribution in [-0.4, -0.2) is 52.8 Å². The highest BCUT2D eigenvalue weighted by atomic mass is 16.6. The SMILES string of the molecule is CC(C)(C)OC(=O)CN(CC(=O)OC(C)(C)C)C(=O)c1cccc2c1CCC2=O. The number of nitrogens with zero attached hydrogens (tertiary/aromatic N) is 1. The minimum absolute atomic E-state index is 0.0134. The molecule has 2 rings (SSSR count). The van der Waals surface area contributed by atoms with Gasteiger partial charge in [-0.15, -0.1) is 0 Å². The van der Waals surface area contributed by atoms with Gasteiger partial charge in [-0.25, -0.2) is 0 Å². The monoisotopic (exact) mass is 403 g/mol. The highest BCUT2D eigenvalue weighted by Crippen LogP contribution is 2.26. The van der Waals surface area contributed by atoms with E-state index in [4.69, 9.17) is 9.47 Å². The van der Waals surface area contributed by atoms with Gasteiger partial charge in [-0.2, -0.15) is 0 Å². The molecule has 0 spiro atoms. The van der Waals surface area contributed by atoms with Crippen molar-refractivity contribution in [3.63, 3.8) is 0 Å². The molecule has 1 aromatic carbocycles. The summed E-state index contributed by atoms with van der Waals surface area (Å²) in [7, 11) is 0. The maximum absolute atomic E-state index is 13.2. The van der Waals surface area contributed by atoms with E-state index in [0.717, 1.165) is 4.90 Å². The van der Waals surface area contributed by atoms with Gasteiger partial charge in [-0.05, 0) is 59.6 Å². The van der Waals surface area contributed by atoms with E-state index in [9.17, 15) is 19.2 Å². The van der Waals surface area contributed by atoms with Crippen molar-refractivity contribution in [2.24, 2.45) is 0 Å². The van der Waals surface area contributed by atoms with Crippen molar-refractivity contribution in [1.82, 2.24) is 4.90 Å². The van der Waals surface area contributed by atoms with E-state index in [0.29, 0.717) is 29.5 Å². The van der Waals surface area contributed by atoms with Gasteiger partial charge < -0.3 is 14.4 Å². The highest BCUT2D eigenvalue weighted by molar-refractivity contribution is 6.06. The van der Waals surface area contributed by atoms with Crippen molar-refractivity contribution >= 4 is 23.6 Å². The summed E-state index contributed by atoms with van der Waals surface area (Å²) in [6.07, 6.45) is 0.806. The van der Waals surface area contributed by atoms with E-state index in [1.54, 1.807) is 59.7 Å². The normalized spacial score (nSPS) is 13.7. The number of fused-ring (bicyclic) bond motifs is 1. The molecule has 1 aliphatic carbocycles. The van der Waals surface area contributed by atoms with Gasteiger partial charge in [0.1, 0.15) is 24.3 Å². The number of esters is 2. The zero-order valence-electron chi connectivity index (χ0n) is 18.0. The minimum atomic E-state index is -0.724. The van der Waals surface area contributed by atoms with E-state index >= 15 is 0 Å². The predicted octanol–water partition coefficient (Wildman–Crippen LogP) is 2.94. The van der Waals surface area contributed by atoms with Crippen LogP contribution in [0.4, 0.5) is 0 Å². The smallest absolute Gasteiger partial charge is 0.326 e. The molecular formula is C22H29NO6. The zero-order chi connectivity index (χ0) is 22.0. The number of carbonyl (C=O) groups excluding carboxylic acids is 4. The average molecular weight is 403 g/mol. The Hall–Kier alpha value is -2.70. The van der Waals surface area contributed by atoms with Gasteiger partial charge in [0.05, 0.1) is 0 Å². The Kier molecular flexibility index (Phi) is 6.50. The first-order valence-corrected chi connectivity index (χ1v) is 9.65. The standard InChI is InChI=1S/C22H29NO6/c1-21(2,3)28-18(25)12-23(13-19(26)29-22(4,5)6)20(27)16-9-7-8-15-14(16)10-11-17(15)24/h7-9H,10-13H2,1-6H3.